The number of amides is 1. The SMILES string of the molecule is COC(=O)C(=Cc1ccco1)NC(C)=O. The van der Waals surface area contributed by atoms with Crippen LogP contribution in [-0.2, 0) is 14.3 Å². The summed E-state index contributed by atoms with van der Waals surface area (Å²) in [6, 6.07) is 3.33. The van der Waals surface area contributed by atoms with E-state index in [1.165, 1.54) is 26.4 Å². The summed E-state index contributed by atoms with van der Waals surface area (Å²) in [6.07, 6.45) is 2.86. The number of rotatable bonds is 3. The maximum absolute atomic E-state index is 11.2. The first-order valence-corrected chi connectivity index (χ1v) is 4.24. The van der Waals surface area contributed by atoms with Crippen LogP contribution >= 0.6 is 0 Å². The molecule has 0 spiro atoms. The summed E-state index contributed by atoms with van der Waals surface area (Å²) in [4.78, 5) is 22.0. The van der Waals surface area contributed by atoms with Gasteiger partial charge in [0.15, 0.2) is 0 Å². The van der Waals surface area contributed by atoms with Crippen molar-refractivity contribution in [3.63, 3.8) is 0 Å². The average Bonchev–Trinajstić information content (AvgIpc) is 2.67. The van der Waals surface area contributed by atoms with Gasteiger partial charge >= 0.3 is 5.97 Å². The minimum absolute atomic E-state index is 0.0416. The molecular weight excluding hydrogens is 198 g/mol. The van der Waals surface area contributed by atoms with Crippen molar-refractivity contribution in [2.75, 3.05) is 7.11 Å². The van der Waals surface area contributed by atoms with Gasteiger partial charge in [-0.3, -0.25) is 4.79 Å². The smallest absolute Gasteiger partial charge is 0.354 e. The Balaban J connectivity index is 2.90. The minimum Gasteiger partial charge on any atom is -0.465 e. The van der Waals surface area contributed by atoms with Crippen LogP contribution in [0.1, 0.15) is 12.7 Å². The molecule has 1 heterocycles. The van der Waals surface area contributed by atoms with Gasteiger partial charge < -0.3 is 14.5 Å². The van der Waals surface area contributed by atoms with Crippen molar-refractivity contribution >= 4 is 18.0 Å². The molecule has 15 heavy (non-hydrogen) atoms. The second-order valence-electron chi connectivity index (χ2n) is 2.75. The maximum atomic E-state index is 11.2. The summed E-state index contributed by atoms with van der Waals surface area (Å²) in [6.45, 7) is 1.30. The molecule has 0 unspecified atom stereocenters. The number of ether oxygens (including phenoxy) is 1. The van der Waals surface area contributed by atoms with Crippen molar-refractivity contribution < 1.29 is 18.7 Å². The number of furan rings is 1. The molecule has 0 fully saturated rings. The van der Waals surface area contributed by atoms with Crippen LogP contribution in [0, 0.1) is 0 Å². The van der Waals surface area contributed by atoms with E-state index in [4.69, 9.17) is 4.42 Å². The molecule has 1 N–H and O–H groups in total. The summed E-state index contributed by atoms with van der Waals surface area (Å²) in [5.74, 6) is -0.510. The number of methoxy groups -OCH3 is 1. The third-order valence-corrected chi connectivity index (χ3v) is 1.55. The first-order valence-electron chi connectivity index (χ1n) is 4.24. The van der Waals surface area contributed by atoms with E-state index in [0.717, 1.165) is 0 Å². The lowest BCUT2D eigenvalue weighted by Gasteiger charge is -2.04. The van der Waals surface area contributed by atoms with Gasteiger partial charge in [-0.05, 0) is 12.1 Å². The molecule has 0 radical (unpaired) electrons. The highest BCUT2D eigenvalue weighted by Gasteiger charge is 2.11. The van der Waals surface area contributed by atoms with Crippen LogP contribution in [0.4, 0.5) is 0 Å². The van der Waals surface area contributed by atoms with Gasteiger partial charge in [0.05, 0.1) is 13.4 Å². The Kier molecular flexibility index (Phi) is 3.68. The average molecular weight is 209 g/mol. The Morgan fingerprint density at radius 1 is 1.53 bits per heavy atom. The molecule has 1 aromatic rings. The fourth-order valence-electron chi connectivity index (χ4n) is 0.961. The van der Waals surface area contributed by atoms with E-state index in [-0.39, 0.29) is 11.6 Å². The van der Waals surface area contributed by atoms with Gasteiger partial charge in [-0.1, -0.05) is 0 Å². The molecule has 0 aliphatic heterocycles. The summed E-state index contributed by atoms with van der Waals surface area (Å²) in [5.41, 5.74) is 0.0416. The van der Waals surface area contributed by atoms with Crippen molar-refractivity contribution in [3.8, 4) is 0 Å². The lowest BCUT2D eigenvalue weighted by atomic mass is 10.3. The van der Waals surface area contributed by atoms with E-state index in [1.54, 1.807) is 12.1 Å². The number of nitrogens with one attached hydrogen (secondary N) is 1. The molecule has 5 nitrogen and oxygen atoms in total. The zero-order valence-corrected chi connectivity index (χ0v) is 8.44. The van der Waals surface area contributed by atoms with E-state index < -0.39 is 5.97 Å². The maximum Gasteiger partial charge on any atom is 0.354 e. The highest BCUT2D eigenvalue weighted by atomic mass is 16.5. The predicted molar refractivity (Wildman–Crippen MR) is 52.5 cm³/mol. The second-order valence-corrected chi connectivity index (χ2v) is 2.75. The minimum atomic E-state index is -0.624. The van der Waals surface area contributed by atoms with Crippen molar-refractivity contribution in [2.45, 2.75) is 6.92 Å². The van der Waals surface area contributed by atoms with Crippen molar-refractivity contribution in [2.24, 2.45) is 0 Å². The fourth-order valence-corrected chi connectivity index (χ4v) is 0.961. The van der Waals surface area contributed by atoms with Gasteiger partial charge in [-0.25, -0.2) is 4.79 Å². The Morgan fingerprint density at radius 2 is 2.27 bits per heavy atom. The predicted octanol–water partition coefficient (Wildman–Crippen LogP) is 0.930. The first-order chi connectivity index (χ1) is 7.13. The molecule has 80 valence electrons. The summed E-state index contributed by atoms with van der Waals surface area (Å²) < 4.78 is 9.50. The second kappa shape index (κ2) is 4.99. The molecule has 5 heteroatoms. The first kappa shape index (κ1) is 11.0. The molecular formula is C10H11NO4. The molecule has 1 rings (SSSR count). The van der Waals surface area contributed by atoms with Gasteiger partial charge in [0.25, 0.3) is 0 Å². The molecule has 0 bridgehead atoms. The molecule has 1 aromatic heterocycles. The van der Waals surface area contributed by atoms with Gasteiger partial charge in [-0.15, -0.1) is 0 Å². The molecule has 1 amide bonds. The van der Waals surface area contributed by atoms with Gasteiger partial charge in [0.2, 0.25) is 5.91 Å². The van der Waals surface area contributed by atoms with Crippen molar-refractivity contribution in [1.29, 1.82) is 0 Å². The van der Waals surface area contributed by atoms with Gasteiger partial charge in [-0.2, -0.15) is 0 Å². The number of hydrogen-bond acceptors (Lipinski definition) is 4. The number of hydrogen-bond donors (Lipinski definition) is 1. The summed E-state index contributed by atoms with van der Waals surface area (Å²) in [5, 5.41) is 2.36. The lowest BCUT2D eigenvalue weighted by molar-refractivity contribution is -0.137. The molecule has 0 aromatic carbocycles. The van der Waals surface area contributed by atoms with Gasteiger partial charge in [0, 0.05) is 13.0 Å². The quantitative estimate of drug-likeness (QED) is 0.594. The number of carbonyl (C=O) groups excluding carboxylic acids is 2. The Hall–Kier alpha value is -2.04. The Bertz CT molecular complexity index is 378. The Labute approximate surface area is 86.7 Å². The number of carbonyl (C=O) groups is 2. The van der Waals surface area contributed by atoms with Crippen LogP contribution < -0.4 is 5.32 Å². The highest BCUT2D eigenvalue weighted by Crippen LogP contribution is 2.06. The molecule has 0 aliphatic carbocycles. The van der Waals surface area contributed by atoms with Crippen LogP contribution in [-0.4, -0.2) is 19.0 Å². The van der Waals surface area contributed by atoms with Crippen LogP contribution in [0.5, 0.6) is 0 Å². The topological polar surface area (TPSA) is 68.5 Å². The monoisotopic (exact) mass is 209 g/mol. The van der Waals surface area contributed by atoms with Crippen molar-refractivity contribution in [1.82, 2.24) is 5.32 Å². The third kappa shape index (κ3) is 3.30. The largest absolute Gasteiger partial charge is 0.465 e. The zero-order chi connectivity index (χ0) is 11.3. The van der Waals surface area contributed by atoms with Gasteiger partial charge in [0.1, 0.15) is 11.5 Å². The molecule has 0 atom stereocenters. The lowest BCUT2D eigenvalue weighted by Crippen LogP contribution is -2.25. The van der Waals surface area contributed by atoms with E-state index in [0.29, 0.717) is 5.76 Å². The van der Waals surface area contributed by atoms with E-state index >= 15 is 0 Å². The highest BCUT2D eigenvalue weighted by molar-refractivity contribution is 5.97. The molecule has 0 saturated carbocycles. The molecule has 0 aliphatic rings. The van der Waals surface area contributed by atoms with Crippen LogP contribution in [0.25, 0.3) is 6.08 Å². The van der Waals surface area contributed by atoms with E-state index in [2.05, 4.69) is 10.1 Å². The zero-order valence-electron chi connectivity index (χ0n) is 8.44. The molecule has 0 saturated heterocycles. The van der Waals surface area contributed by atoms with Crippen LogP contribution in [0.2, 0.25) is 0 Å². The van der Waals surface area contributed by atoms with E-state index in [9.17, 15) is 9.59 Å². The van der Waals surface area contributed by atoms with Crippen LogP contribution in [0.3, 0.4) is 0 Å². The summed E-state index contributed by atoms with van der Waals surface area (Å²) in [7, 11) is 1.24. The third-order valence-electron chi connectivity index (χ3n) is 1.55. The summed E-state index contributed by atoms with van der Waals surface area (Å²) >= 11 is 0. The van der Waals surface area contributed by atoms with Crippen molar-refractivity contribution in [3.05, 3.63) is 29.9 Å². The normalized spacial score (nSPS) is 10.9. The Morgan fingerprint density at radius 3 is 2.73 bits per heavy atom. The van der Waals surface area contributed by atoms with E-state index in [1.807, 2.05) is 0 Å². The fraction of sp³-hybridized carbons (Fsp3) is 0.200. The van der Waals surface area contributed by atoms with Crippen LogP contribution in [0.15, 0.2) is 28.5 Å². The standard InChI is InChI=1S/C10H11NO4/c1-7(12)11-9(10(13)14-2)6-8-4-3-5-15-8/h3-6H,1-2H3,(H,11,12). The number of esters is 1.